The molecule has 0 unspecified atom stereocenters. The summed E-state index contributed by atoms with van der Waals surface area (Å²) in [5, 5.41) is 14.3. The van der Waals surface area contributed by atoms with Crippen molar-refractivity contribution in [3.63, 3.8) is 0 Å². The third kappa shape index (κ3) is 4.78. The van der Waals surface area contributed by atoms with Gasteiger partial charge in [-0.05, 0) is 56.5 Å². The Bertz CT molecular complexity index is 1600. The van der Waals surface area contributed by atoms with Crippen molar-refractivity contribution in [3.8, 4) is 0 Å². The maximum Gasteiger partial charge on any atom is 0.177 e. The average Bonchev–Trinajstić information content (AvgIpc) is 3.51. The number of tetrazole rings is 1. The topological polar surface area (TPSA) is 56.5 Å². The third-order valence-electron chi connectivity index (χ3n) is 7.02. The Morgan fingerprint density at radius 2 is 1.23 bits per heavy atom. The lowest BCUT2D eigenvalue weighted by atomic mass is 9.77. The lowest BCUT2D eigenvalue weighted by Crippen LogP contribution is -2.39. The van der Waals surface area contributed by atoms with Gasteiger partial charge in [0.05, 0.1) is 5.69 Å². The number of aromatic nitrogens is 5. The van der Waals surface area contributed by atoms with Crippen LogP contribution in [0.3, 0.4) is 0 Å². The van der Waals surface area contributed by atoms with Crippen molar-refractivity contribution in [2.75, 3.05) is 0 Å². The van der Waals surface area contributed by atoms with Crippen LogP contribution in [0.1, 0.15) is 39.3 Å². The summed E-state index contributed by atoms with van der Waals surface area (Å²) in [4.78, 5) is 4.69. The summed E-state index contributed by atoms with van der Waals surface area (Å²) in [7, 11) is 0. The molecule has 0 amide bonds. The highest BCUT2D eigenvalue weighted by Gasteiger charge is 2.41. The van der Waals surface area contributed by atoms with Crippen molar-refractivity contribution in [1.29, 1.82) is 0 Å². The first-order valence-electron chi connectivity index (χ1n) is 13.0. The van der Waals surface area contributed by atoms with Crippen molar-refractivity contribution in [2.24, 2.45) is 0 Å². The highest BCUT2D eigenvalue weighted by Crippen LogP contribution is 2.41. The van der Waals surface area contributed by atoms with E-state index in [-0.39, 0.29) is 0 Å². The molecule has 0 saturated carbocycles. The normalized spacial score (nSPS) is 11.9. The lowest BCUT2D eigenvalue weighted by Gasteiger charge is -2.36. The summed E-state index contributed by atoms with van der Waals surface area (Å²) >= 11 is 3.55. The van der Waals surface area contributed by atoms with Gasteiger partial charge < -0.3 is 0 Å². The molecule has 40 heavy (non-hydrogen) atoms. The van der Waals surface area contributed by atoms with Crippen LogP contribution in [-0.4, -0.2) is 25.2 Å². The number of benzene rings is 4. The minimum absolute atomic E-state index is 0.613. The van der Waals surface area contributed by atoms with Crippen molar-refractivity contribution in [1.82, 2.24) is 25.2 Å². The molecule has 0 saturated heterocycles. The highest BCUT2D eigenvalue weighted by molar-refractivity contribution is 9.08. The minimum Gasteiger partial charge on any atom is -0.256 e. The number of nitrogens with zero attached hydrogens (tertiary/aromatic N) is 5. The summed E-state index contributed by atoms with van der Waals surface area (Å²) in [5.74, 6) is 0.613. The fourth-order valence-corrected chi connectivity index (χ4v) is 5.53. The summed E-state index contributed by atoms with van der Waals surface area (Å²) in [5.41, 5.74) is 6.33. The number of hydrogen-bond acceptors (Lipinski definition) is 4. The predicted molar refractivity (Wildman–Crippen MR) is 163 cm³/mol. The third-order valence-corrected chi connectivity index (χ3v) is 7.67. The van der Waals surface area contributed by atoms with E-state index >= 15 is 0 Å². The van der Waals surface area contributed by atoms with Crippen LogP contribution in [0.15, 0.2) is 140 Å². The van der Waals surface area contributed by atoms with Crippen LogP contribution in [0, 0.1) is 0 Å². The molecular weight excluding hydrogens is 558 g/mol. The molecular formula is C34H26BrN5. The van der Waals surface area contributed by atoms with Gasteiger partial charge in [-0.3, -0.25) is 4.98 Å². The quantitative estimate of drug-likeness (QED) is 0.138. The Morgan fingerprint density at radius 1 is 0.675 bits per heavy atom. The summed E-state index contributed by atoms with van der Waals surface area (Å²) in [6.07, 6.45) is 3.84. The number of rotatable bonds is 8. The Morgan fingerprint density at radius 3 is 1.73 bits per heavy atom. The van der Waals surface area contributed by atoms with Gasteiger partial charge in [-0.2, -0.15) is 0 Å². The zero-order valence-corrected chi connectivity index (χ0v) is 23.3. The molecule has 6 aromatic rings. The SMILES string of the molecule is BrCc1ccc(/C(=C/c2nnnn2C(c2ccccc2)(c2ccccc2)c2ccccc2)c2ccccn2)cc1. The van der Waals surface area contributed by atoms with E-state index in [0.717, 1.165) is 38.9 Å². The second-order valence-electron chi connectivity index (χ2n) is 9.36. The zero-order chi connectivity index (χ0) is 27.2. The Labute approximate surface area is 242 Å². The molecule has 0 atom stereocenters. The van der Waals surface area contributed by atoms with Gasteiger partial charge in [-0.1, -0.05) is 137 Å². The van der Waals surface area contributed by atoms with Crippen molar-refractivity contribution >= 4 is 27.6 Å². The number of halogens is 1. The molecule has 0 N–H and O–H groups in total. The molecule has 6 rings (SSSR count). The van der Waals surface area contributed by atoms with E-state index in [4.69, 9.17) is 0 Å². The molecule has 0 aliphatic carbocycles. The molecule has 6 heteroatoms. The lowest BCUT2D eigenvalue weighted by molar-refractivity contribution is 0.443. The van der Waals surface area contributed by atoms with Gasteiger partial charge in [-0.25, -0.2) is 4.68 Å². The molecule has 194 valence electrons. The standard InChI is InChI=1S/C34H26BrN5/c35-25-26-19-21-27(22-20-26)31(32-18-10-11-23-36-32)24-33-37-38-39-40(33)34(28-12-4-1-5-13-28,29-14-6-2-7-15-29)30-16-8-3-9-17-30/h1-24H,25H2/b31-24-. The molecule has 0 aliphatic rings. The summed E-state index contributed by atoms with van der Waals surface area (Å²) < 4.78 is 1.93. The maximum absolute atomic E-state index is 4.69. The fourth-order valence-electron chi connectivity index (χ4n) is 5.16. The van der Waals surface area contributed by atoms with Crippen molar-refractivity contribution < 1.29 is 0 Å². The largest absolute Gasteiger partial charge is 0.256 e. The van der Waals surface area contributed by atoms with Crippen LogP contribution < -0.4 is 0 Å². The van der Waals surface area contributed by atoms with Gasteiger partial charge in [0.1, 0.15) is 5.54 Å². The molecule has 4 aromatic carbocycles. The Hall–Kier alpha value is -4.68. The first-order valence-corrected chi connectivity index (χ1v) is 14.2. The number of hydrogen-bond donors (Lipinski definition) is 0. The second kappa shape index (κ2) is 11.6. The fraction of sp³-hybridized carbons (Fsp3) is 0.0588. The van der Waals surface area contributed by atoms with E-state index < -0.39 is 5.54 Å². The molecule has 2 heterocycles. The molecule has 2 aromatic heterocycles. The van der Waals surface area contributed by atoms with E-state index in [9.17, 15) is 0 Å². The van der Waals surface area contributed by atoms with Crippen molar-refractivity contribution in [3.05, 3.63) is 179 Å². The van der Waals surface area contributed by atoms with Crippen LogP contribution in [0.4, 0.5) is 0 Å². The summed E-state index contributed by atoms with van der Waals surface area (Å²) in [6, 6.07) is 45.6. The molecule has 5 nitrogen and oxygen atoms in total. The van der Waals surface area contributed by atoms with Gasteiger partial charge in [0.2, 0.25) is 0 Å². The van der Waals surface area contributed by atoms with Gasteiger partial charge in [0, 0.05) is 17.1 Å². The van der Waals surface area contributed by atoms with Gasteiger partial charge in [-0.15, -0.1) is 5.10 Å². The Kier molecular flexibility index (Phi) is 7.42. The minimum atomic E-state index is -0.825. The number of alkyl halides is 1. The van der Waals surface area contributed by atoms with E-state index in [1.54, 1.807) is 6.20 Å². The average molecular weight is 585 g/mol. The monoisotopic (exact) mass is 583 g/mol. The summed E-state index contributed by atoms with van der Waals surface area (Å²) in [6.45, 7) is 0. The van der Waals surface area contributed by atoms with Crippen molar-refractivity contribution in [2.45, 2.75) is 10.9 Å². The zero-order valence-electron chi connectivity index (χ0n) is 21.7. The highest BCUT2D eigenvalue weighted by atomic mass is 79.9. The van der Waals surface area contributed by atoms with Gasteiger partial charge in [0.15, 0.2) is 5.82 Å². The second-order valence-corrected chi connectivity index (χ2v) is 9.92. The molecule has 0 aliphatic heterocycles. The van der Waals surface area contributed by atoms with Crippen LogP contribution in [0.25, 0.3) is 11.6 Å². The maximum atomic E-state index is 4.69. The van der Waals surface area contributed by atoms with Crippen LogP contribution in [0.2, 0.25) is 0 Å². The molecule has 0 radical (unpaired) electrons. The smallest absolute Gasteiger partial charge is 0.177 e. The number of pyridine rings is 1. The van der Waals surface area contributed by atoms with Gasteiger partial charge >= 0.3 is 0 Å². The Balaban J connectivity index is 1.65. The van der Waals surface area contributed by atoms with Crippen LogP contribution in [0.5, 0.6) is 0 Å². The molecule has 0 spiro atoms. The first-order chi connectivity index (χ1) is 19.8. The van der Waals surface area contributed by atoms with E-state index in [1.807, 2.05) is 47.2 Å². The van der Waals surface area contributed by atoms with E-state index in [2.05, 4.69) is 134 Å². The van der Waals surface area contributed by atoms with Crippen LogP contribution in [-0.2, 0) is 10.9 Å². The first kappa shape index (κ1) is 25.6. The van der Waals surface area contributed by atoms with E-state index in [0.29, 0.717) is 5.82 Å². The van der Waals surface area contributed by atoms with E-state index in [1.165, 1.54) is 5.56 Å². The van der Waals surface area contributed by atoms with Crippen LogP contribution >= 0.6 is 15.9 Å². The predicted octanol–water partition coefficient (Wildman–Crippen LogP) is 7.39. The molecule has 0 fully saturated rings. The molecule has 0 bridgehead atoms. The van der Waals surface area contributed by atoms with Gasteiger partial charge in [0.25, 0.3) is 0 Å².